The van der Waals surface area contributed by atoms with Crippen molar-refractivity contribution in [1.82, 2.24) is 10.9 Å². The van der Waals surface area contributed by atoms with Gasteiger partial charge in [0.2, 0.25) is 0 Å². The highest BCUT2D eigenvalue weighted by molar-refractivity contribution is 7.81. The molecule has 0 atom stereocenters. The van der Waals surface area contributed by atoms with Gasteiger partial charge in [0.15, 0.2) is 10.2 Å². The molecule has 2 aromatic rings. The van der Waals surface area contributed by atoms with Crippen LogP contribution < -0.4 is 31.0 Å². The van der Waals surface area contributed by atoms with Gasteiger partial charge in [-0.05, 0) is 48.7 Å². The summed E-state index contributed by atoms with van der Waals surface area (Å²) in [5.74, 6) is 1.38. The Morgan fingerprint density at radius 2 is 1.08 bits per heavy atom. The van der Waals surface area contributed by atoms with E-state index in [1.54, 1.807) is 0 Å². The summed E-state index contributed by atoms with van der Waals surface area (Å²) in [6.45, 7) is 0.797. The molecule has 0 fully saturated rings. The van der Waals surface area contributed by atoms with Gasteiger partial charge < -0.3 is 20.1 Å². The summed E-state index contributed by atoms with van der Waals surface area (Å²) in [6.07, 6.45) is 0. The molecule has 124 valence electrons. The standard InChI is InChI=1S/C16H16N4O2S2/c23-15-17-11-5-1-3-7-13(11)21-9-10-22-14-8-4-2-6-12(14)18-16(24)20-19-15/h1-8H,9-10H2,(H2,17,19,23)(H2,18,20,24). The highest BCUT2D eigenvalue weighted by Gasteiger charge is 2.09. The minimum Gasteiger partial charge on any atom is -0.488 e. The second-order valence-corrected chi connectivity index (χ2v) is 5.66. The maximum Gasteiger partial charge on any atom is 0.189 e. The Balaban J connectivity index is 1.81. The highest BCUT2D eigenvalue weighted by Crippen LogP contribution is 2.25. The lowest BCUT2D eigenvalue weighted by atomic mass is 10.3. The van der Waals surface area contributed by atoms with Crippen LogP contribution in [0.4, 0.5) is 11.4 Å². The first-order chi connectivity index (χ1) is 11.7. The topological polar surface area (TPSA) is 66.6 Å². The smallest absolute Gasteiger partial charge is 0.189 e. The fourth-order valence-corrected chi connectivity index (χ4v) is 2.44. The zero-order valence-electron chi connectivity index (χ0n) is 12.7. The number of nitrogens with one attached hydrogen (secondary N) is 4. The van der Waals surface area contributed by atoms with Gasteiger partial charge in [0.25, 0.3) is 0 Å². The third-order valence-corrected chi connectivity index (χ3v) is 3.57. The molecule has 1 aliphatic heterocycles. The fraction of sp³-hybridized carbons (Fsp3) is 0.125. The van der Waals surface area contributed by atoms with E-state index < -0.39 is 0 Å². The Morgan fingerprint density at radius 3 is 1.54 bits per heavy atom. The van der Waals surface area contributed by atoms with Crippen LogP contribution in [0.5, 0.6) is 11.5 Å². The zero-order valence-corrected chi connectivity index (χ0v) is 14.3. The van der Waals surface area contributed by atoms with Crippen LogP contribution in [0.15, 0.2) is 48.5 Å². The molecular weight excluding hydrogens is 344 g/mol. The van der Waals surface area contributed by atoms with Crippen molar-refractivity contribution in [2.75, 3.05) is 23.8 Å². The van der Waals surface area contributed by atoms with E-state index >= 15 is 0 Å². The van der Waals surface area contributed by atoms with E-state index in [1.165, 1.54) is 0 Å². The summed E-state index contributed by atoms with van der Waals surface area (Å²) >= 11 is 10.5. The summed E-state index contributed by atoms with van der Waals surface area (Å²) in [5, 5.41) is 6.86. The molecule has 8 heteroatoms. The van der Waals surface area contributed by atoms with Gasteiger partial charge in [-0.25, -0.2) is 0 Å². The number of anilines is 2. The lowest BCUT2D eigenvalue weighted by Crippen LogP contribution is -2.45. The molecule has 0 saturated heterocycles. The molecule has 0 amide bonds. The van der Waals surface area contributed by atoms with Crippen molar-refractivity contribution in [3.8, 4) is 11.5 Å². The largest absolute Gasteiger partial charge is 0.488 e. The number of rotatable bonds is 0. The quantitative estimate of drug-likeness (QED) is 0.535. The average Bonchev–Trinajstić information content (AvgIpc) is 2.59. The third-order valence-electron chi connectivity index (χ3n) is 3.16. The number of benzene rings is 2. The molecule has 24 heavy (non-hydrogen) atoms. The van der Waals surface area contributed by atoms with Crippen molar-refractivity contribution >= 4 is 46.0 Å². The van der Waals surface area contributed by atoms with E-state index in [1.807, 2.05) is 48.5 Å². The van der Waals surface area contributed by atoms with Crippen molar-refractivity contribution < 1.29 is 9.47 Å². The minimum atomic E-state index is 0.372. The first-order valence-electron chi connectivity index (χ1n) is 7.30. The maximum atomic E-state index is 5.78. The van der Waals surface area contributed by atoms with E-state index in [0.717, 1.165) is 11.4 Å². The molecule has 4 N–H and O–H groups in total. The monoisotopic (exact) mass is 360 g/mol. The van der Waals surface area contributed by atoms with Crippen LogP contribution in [0, 0.1) is 0 Å². The summed E-state index contributed by atoms with van der Waals surface area (Å²) < 4.78 is 11.6. The van der Waals surface area contributed by atoms with Crippen molar-refractivity contribution in [1.29, 1.82) is 0 Å². The predicted molar refractivity (Wildman–Crippen MR) is 103 cm³/mol. The molecule has 0 aromatic heterocycles. The molecule has 0 spiro atoms. The Hall–Kier alpha value is -2.58. The molecule has 0 unspecified atom stereocenters. The molecule has 0 saturated carbocycles. The predicted octanol–water partition coefficient (Wildman–Crippen LogP) is 2.65. The molecule has 6 nitrogen and oxygen atoms in total. The molecule has 1 heterocycles. The van der Waals surface area contributed by atoms with Gasteiger partial charge >= 0.3 is 0 Å². The zero-order chi connectivity index (χ0) is 16.8. The molecule has 3 rings (SSSR count). The van der Waals surface area contributed by atoms with Gasteiger partial charge in [0.05, 0.1) is 11.4 Å². The lowest BCUT2D eigenvalue weighted by Gasteiger charge is -2.19. The summed E-state index contributed by atoms with van der Waals surface area (Å²) in [5.41, 5.74) is 7.17. The van der Waals surface area contributed by atoms with Crippen LogP contribution in [0.1, 0.15) is 0 Å². The van der Waals surface area contributed by atoms with Gasteiger partial charge in [-0.2, -0.15) is 0 Å². The second kappa shape index (κ2) is 7.80. The normalized spacial score (nSPS) is 14.8. The number of hydrogen-bond donors (Lipinski definition) is 4. The van der Waals surface area contributed by atoms with Crippen molar-refractivity contribution in [3.05, 3.63) is 48.5 Å². The first-order valence-corrected chi connectivity index (χ1v) is 8.12. The third kappa shape index (κ3) is 4.24. The summed E-state index contributed by atoms with van der Waals surface area (Å²) in [4.78, 5) is 0. The molecule has 0 bridgehead atoms. The van der Waals surface area contributed by atoms with Crippen LogP contribution in [0.25, 0.3) is 0 Å². The molecular formula is C16H16N4O2S2. The second-order valence-electron chi connectivity index (χ2n) is 4.85. The van der Waals surface area contributed by atoms with Crippen LogP contribution in [-0.2, 0) is 0 Å². The number of hydrazine groups is 1. The number of ether oxygens (including phenoxy) is 2. The Labute approximate surface area is 150 Å². The number of thiocarbonyl (C=S) groups is 2. The van der Waals surface area contributed by atoms with E-state index in [4.69, 9.17) is 33.9 Å². The maximum absolute atomic E-state index is 5.78. The van der Waals surface area contributed by atoms with Gasteiger partial charge in [-0.15, -0.1) is 0 Å². The first kappa shape index (κ1) is 16.3. The van der Waals surface area contributed by atoms with Crippen LogP contribution in [-0.4, -0.2) is 23.4 Å². The fourth-order valence-electron chi connectivity index (χ4n) is 2.12. The molecule has 0 radical (unpaired) electrons. The van der Waals surface area contributed by atoms with Crippen molar-refractivity contribution in [2.45, 2.75) is 0 Å². The average molecular weight is 360 g/mol. The lowest BCUT2D eigenvalue weighted by molar-refractivity contribution is 0.218. The van der Waals surface area contributed by atoms with Crippen LogP contribution in [0.2, 0.25) is 0 Å². The number of fused-ring (bicyclic) bond motifs is 2. The minimum absolute atomic E-state index is 0.372. The Morgan fingerprint density at radius 1 is 0.667 bits per heavy atom. The van der Waals surface area contributed by atoms with E-state index in [9.17, 15) is 0 Å². The van der Waals surface area contributed by atoms with Gasteiger partial charge in [0, 0.05) is 0 Å². The number of para-hydroxylation sites is 4. The molecule has 1 aliphatic rings. The van der Waals surface area contributed by atoms with Crippen molar-refractivity contribution in [2.24, 2.45) is 0 Å². The Kier molecular flexibility index (Phi) is 5.29. The van der Waals surface area contributed by atoms with Crippen LogP contribution in [0.3, 0.4) is 0 Å². The van der Waals surface area contributed by atoms with E-state index in [0.29, 0.717) is 34.9 Å². The summed E-state index contributed by atoms with van der Waals surface area (Å²) in [6, 6.07) is 15.1. The molecule has 2 aromatic carbocycles. The van der Waals surface area contributed by atoms with Gasteiger partial charge in [-0.1, -0.05) is 24.3 Å². The van der Waals surface area contributed by atoms with Crippen molar-refractivity contribution in [3.63, 3.8) is 0 Å². The summed E-state index contributed by atoms with van der Waals surface area (Å²) in [7, 11) is 0. The molecule has 0 aliphatic carbocycles. The number of hydrogen-bond acceptors (Lipinski definition) is 4. The SMILES string of the molecule is S=C1NNC(=S)Nc2ccccc2OCCOc2ccccc2N1. The van der Waals surface area contributed by atoms with Gasteiger partial charge in [-0.3, -0.25) is 10.9 Å². The van der Waals surface area contributed by atoms with E-state index in [-0.39, 0.29) is 0 Å². The van der Waals surface area contributed by atoms with Gasteiger partial charge in [0.1, 0.15) is 24.7 Å². The van der Waals surface area contributed by atoms with E-state index in [2.05, 4.69) is 21.5 Å². The highest BCUT2D eigenvalue weighted by atomic mass is 32.1. The van der Waals surface area contributed by atoms with Crippen LogP contribution >= 0.6 is 24.4 Å². The Bertz CT molecular complexity index is 691.